The number of hydrogen-bond donors (Lipinski definition) is 3. The average molecular weight is 268 g/mol. The topological polar surface area (TPSA) is 93.3 Å². The van der Waals surface area contributed by atoms with Crippen molar-refractivity contribution in [2.45, 2.75) is 45.8 Å². The standard InChI is InChI=1S/C13H24N4O2/c1-4-13(5-2,9-18)17-11-7-10(14)15-12(16-11)8-19-6-3/h7,18H,4-6,8-9H2,1-3H3,(H3,14,15,16,17). The van der Waals surface area contributed by atoms with Gasteiger partial charge in [0.15, 0.2) is 5.82 Å². The van der Waals surface area contributed by atoms with Crippen LogP contribution in [0.4, 0.5) is 11.6 Å². The molecule has 1 heterocycles. The van der Waals surface area contributed by atoms with Crippen LogP contribution in [0.1, 0.15) is 39.4 Å². The number of ether oxygens (including phenoxy) is 1. The Morgan fingerprint density at radius 3 is 2.53 bits per heavy atom. The summed E-state index contributed by atoms with van der Waals surface area (Å²) in [5.41, 5.74) is 5.39. The molecule has 0 aliphatic carbocycles. The van der Waals surface area contributed by atoms with Crippen molar-refractivity contribution in [2.24, 2.45) is 0 Å². The van der Waals surface area contributed by atoms with Gasteiger partial charge in [-0.1, -0.05) is 13.8 Å². The van der Waals surface area contributed by atoms with Crippen molar-refractivity contribution in [1.82, 2.24) is 9.97 Å². The summed E-state index contributed by atoms with van der Waals surface area (Å²) in [6.45, 7) is 6.95. The zero-order valence-corrected chi connectivity index (χ0v) is 11.9. The van der Waals surface area contributed by atoms with E-state index in [1.807, 2.05) is 20.8 Å². The maximum absolute atomic E-state index is 9.56. The highest BCUT2D eigenvalue weighted by molar-refractivity contribution is 5.46. The third-order valence-corrected chi connectivity index (χ3v) is 3.28. The first-order valence-electron chi connectivity index (χ1n) is 6.69. The second-order valence-corrected chi connectivity index (χ2v) is 4.50. The maximum atomic E-state index is 9.56. The molecule has 0 bridgehead atoms. The molecule has 0 spiro atoms. The van der Waals surface area contributed by atoms with Crippen molar-refractivity contribution in [3.05, 3.63) is 11.9 Å². The minimum absolute atomic E-state index is 0.0463. The molecule has 4 N–H and O–H groups in total. The van der Waals surface area contributed by atoms with E-state index in [0.717, 1.165) is 12.8 Å². The molecular formula is C13H24N4O2. The highest BCUT2D eigenvalue weighted by Crippen LogP contribution is 2.21. The van der Waals surface area contributed by atoms with Gasteiger partial charge in [0.25, 0.3) is 0 Å². The van der Waals surface area contributed by atoms with Crippen LogP contribution in [0.3, 0.4) is 0 Å². The number of nitrogens with two attached hydrogens (primary N) is 1. The molecule has 0 radical (unpaired) electrons. The summed E-state index contributed by atoms with van der Waals surface area (Å²) in [5, 5.41) is 12.8. The molecule has 1 aromatic heterocycles. The SMILES string of the molecule is CCOCc1nc(N)cc(NC(CC)(CC)CO)n1. The minimum Gasteiger partial charge on any atom is -0.394 e. The fourth-order valence-electron chi connectivity index (χ4n) is 1.80. The van der Waals surface area contributed by atoms with Crippen LogP contribution in [0.5, 0.6) is 0 Å². The highest BCUT2D eigenvalue weighted by Gasteiger charge is 2.25. The number of aliphatic hydroxyl groups is 1. The molecule has 108 valence electrons. The van der Waals surface area contributed by atoms with Crippen molar-refractivity contribution in [1.29, 1.82) is 0 Å². The molecule has 1 rings (SSSR count). The van der Waals surface area contributed by atoms with Crippen LogP contribution < -0.4 is 11.1 Å². The number of rotatable bonds is 8. The average Bonchev–Trinajstić information content (AvgIpc) is 2.42. The van der Waals surface area contributed by atoms with Crippen LogP contribution in [0.15, 0.2) is 6.07 Å². The molecule has 0 amide bonds. The monoisotopic (exact) mass is 268 g/mol. The van der Waals surface area contributed by atoms with Crippen LogP contribution in [-0.2, 0) is 11.3 Å². The lowest BCUT2D eigenvalue weighted by molar-refractivity contribution is 0.128. The number of hydrogen-bond acceptors (Lipinski definition) is 6. The number of anilines is 2. The maximum Gasteiger partial charge on any atom is 0.158 e. The molecule has 0 atom stereocenters. The molecule has 0 saturated heterocycles. The quantitative estimate of drug-likeness (QED) is 0.662. The number of nitrogens with zero attached hydrogens (tertiary/aromatic N) is 2. The van der Waals surface area contributed by atoms with Crippen LogP contribution in [0, 0.1) is 0 Å². The van der Waals surface area contributed by atoms with Gasteiger partial charge in [0, 0.05) is 12.7 Å². The fourth-order valence-corrected chi connectivity index (χ4v) is 1.80. The van der Waals surface area contributed by atoms with Gasteiger partial charge >= 0.3 is 0 Å². The molecule has 0 aromatic carbocycles. The summed E-state index contributed by atoms with van der Waals surface area (Å²) < 4.78 is 5.28. The molecule has 1 aromatic rings. The second kappa shape index (κ2) is 7.25. The van der Waals surface area contributed by atoms with Crippen molar-refractivity contribution in [3.63, 3.8) is 0 Å². The Balaban J connectivity index is 2.90. The Labute approximate surface area is 114 Å². The van der Waals surface area contributed by atoms with Crippen LogP contribution in [-0.4, -0.2) is 33.8 Å². The number of aromatic nitrogens is 2. The molecule has 0 unspecified atom stereocenters. The van der Waals surface area contributed by atoms with Gasteiger partial charge < -0.3 is 20.9 Å². The van der Waals surface area contributed by atoms with Gasteiger partial charge in [-0.15, -0.1) is 0 Å². The molecule has 19 heavy (non-hydrogen) atoms. The highest BCUT2D eigenvalue weighted by atomic mass is 16.5. The lowest BCUT2D eigenvalue weighted by Gasteiger charge is -2.31. The van der Waals surface area contributed by atoms with Gasteiger partial charge in [-0.3, -0.25) is 0 Å². The summed E-state index contributed by atoms with van der Waals surface area (Å²) in [5.74, 6) is 1.56. The fraction of sp³-hybridized carbons (Fsp3) is 0.692. The van der Waals surface area contributed by atoms with Crippen LogP contribution in [0.25, 0.3) is 0 Å². The van der Waals surface area contributed by atoms with E-state index in [1.54, 1.807) is 6.07 Å². The van der Waals surface area contributed by atoms with E-state index < -0.39 is 0 Å². The molecule has 6 heteroatoms. The Hall–Kier alpha value is -1.40. The van der Waals surface area contributed by atoms with Gasteiger partial charge in [-0.2, -0.15) is 0 Å². The van der Waals surface area contributed by atoms with E-state index >= 15 is 0 Å². The molecule has 0 aliphatic rings. The molecule has 6 nitrogen and oxygen atoms in total. The molecular weight excluding hydrogens is 244 g/mol. The molecule has 0 aliphatic heterocycles. The Kier molecular flexibility index (Phi) is 5.98. The van der Waals surface area contributed by atoms with E-state index in [2.05, 4.69) is 15.3 Å². The number of nitrogen functional groups attached to an aromatic ring is 1. The number of aliphatic hydroxyl groups excluding tert-OH is 1. The zero-order chi connectivity index (χ0) is 14.3. The van der Waals surface area contributed by atoms with Crippen molar-refractivity contribution in [2.75, 3.05) is 24.3 Å². The third kappa shape index (κ3) is 4.33. The van der Waals surface area contributed by atoms with Gasteiger partial charge in [0.2, 0.25) is 0 Å². The largest absolute Gasteiger partial charge is 0.394 e. The summed E-state index contributed by atoms with van der Waals surface area (Å²) in [4.78, 5) is 8.48. The third-order valence-electron chi connectivity index (χ3n) is 3.28. The Morgan fingerprint density at radius 1 is 1.32 bits per heavy atom. The lowest BCUT2D eigenvalue weighted by atomic mass is 9.94. The first-order valence-corrected chi connectivity index (χ1v) is 6.69. The summed E-state index contributed by atoms with van der Waals surface area (Å²) in [7, 11) is 0. The molecule has 0 fully saturated rings. The van der Waals surface area contributed by atoms with Crippen LogP contribution >= 0.6 is 0 Å². The second-order valence-electron chi connectivity index (χ2n) is 4.50. The van der Waals surface area contributed by atoms with E-state index in [0.29, 0.717) is 30.7 Å². The summed E-state index contributed by atoms with van der Waals surface area (Å²) in [6.07, 6.45) is 1.59. The predicted octanol–water partition coefficient (Wildman–Crippen LogP) is 1.56. The molecule has 0 saturated carbocycles. The van der Waals surface area contributed by atoms with E-state index in [1.165, 1.54) is 0 Å². The van der Waals surface area contributed by atoms with E-state index in [9.17, 15) is 5.11 Å². The predicted molar refractivity (Wildman–Crippen MR) is 75.8 cm³/mol. The summed E-state index contributed by atoms with van der Waals surface area (Å²) in [6, 6.07) is 1.67. The summed E-state index contributed by atoms with van der Waals surface area (Å²) >= 11 is 0. The van der Waals surface area contributed by atoms with Crippen LogP contribution in [0.2, 0.25) is 0 Å². The minimum atomic E-state index is -0.371. The van der Waals surface area contributed by atoms with Crippen molar-refractivity contribution < 1.29 is 9.84 Å². The lowest BCUT2D eigenvalue weighted by Crippen LogP contribution is -2.41. The first-order chi connectivity index (χ1) is 9.09. The van der Waals surface area contributed by atoms with Gasteiger partial charge in [0.1, 0.15) is 18.2 Å². The van der Waals surface area contributed by atoms with Gasteiger partial charge in [-0.05, 0) is 19.8 Å². The zero-order valence-electron chi connectivity index (χ0n) is 11.9. The Morgan fingerprint density at radius 2 is 2.00 bits per heavy atom. The van der Waals surface area contributed by atoms with E-state index in [-0.39, 0.29) is 12.1 Å². The van der Waals surface area contributed by atoms with Gasteiger partial charge in [-0.25, -0.2) is 9.97 Å². The Bertz CT molecular complexity index is 386. The first kappa shape index (κ1) is 15.7. The normalized spacial score (nSPS) is 11.6. The number of nitrogens with one attached hydrogen (secondary N) is 1. The van der Waals surface area contributed by atoms with Gasteiger partial charge in [0.05, 0.1) is 12.1 Å². The van der Waals surface area contributed by atoms with Crippen molar-refractivity contribution in [3.8, 4) is 0 Å². The van der Waals surface area contributed by atoms with E-state index in [4.69, 9.17) is 10.5 Å². The smallest absolute Gasteiger partial charge is 0.158 e. The van der Waals surface area contributed by atoms with Crippen molar-refractivity contribution >= 4 is 11.6 Å².